The van der Waals surface area contributed by atoms with Crippen molar-refractivity contribution in [3.05, 3.63) is 108 Å². The van der Waals surface area contributed by atoms with Crippen LogP contribution in [0.1, 0.15) is 24.0 Å². The average Bonchev–Trinajstić information content (AvgIpc) is 2.98. The van der Waals surface area contributed by atoms with Crippen molar-refractivity contribution in [2.75, 3.05) is 25.1 Å². The van der Waals surface area contributed by atoms with Gasteiger partial charge in [-0.2, -0.15) is 0 Å². The first-order valence-electron chi connectivity index (χ1n) is 12.8. The number of benzene rings is 3. The third-order valence-electron chi connectivity index (χ3n) is 6.88. The van der Waals surface area contributed by atoms with E-state index in [4.69, 9.17) is 4.74 Å². The number of carbonyl (C=O) groups is 1. The minimum Gasteiger partial charge on any atom is -0.497 e. The number of hydrogen-bond acceptors (Lipinski definition) is 5. The van der Waals surface area contributed by atoms with E-state index in [9.17, 15) is 4.79 Å². The van der Waals surface area contributed by atoms with Crippen LogP contribution in [-0.4, -0.2) is 41.0 Å². The molecule has 1 fully saturated rings. The van der Waals surface area contributed by atoms with Crippen LogP contribution in [0.25, 0.3) is 11.3 Å². The topological polar surface area (TPSA) is 58.6 Å². The second-order valence-electron chi connectivity index (χ2n) is 9.44. The monoisotopic (exact) mass is 492 g/mol. The highest BCUT2D eigenvalue weighted by molar-refractivity contribution is 5.80. The lowest BCUT2D eigenvalue weighted by Gasteiger charge is -2.36. The molecule has 6 nitrogen and oxygen atoms in total. The molecule has 0 spiro atoms. The lowest BCUT2D eigenvalue weighted by molar-refractivity contribution is -0.137. The van der Waals surface area contributed by atoms with Gasteiger partial charge in [-0.25, -0.2) is 9.97 Å². The number of carbonyl (C=O) groups excluding carboxylic acids is 1. The molecule has 6 heteroatoms. The standard InChI is InChI=1S/C31H32N4O2/c1-37-28-16-14-26(15-17-28)29-19-30(33-23-32-29)34-18-8-13-27(22-34)31(36)35(20-24-9-4-2-5-10-24)21-25-11-6-3-7-12-25/h2-7,9-12,14-17,19,23,27H,8,13,18,20-22H2,1H3. The Hall–Kier alpha value is -4.19. The third kappa shape index (κ3) is 6.15. The number of nitrogens with zero attached hydrogens (tertiary/aromatic N) is 4. The van der Waals surface area contributed by atoms with E-state index in [0.717, 1.165) is 53.3 Å². The lowest BCUT2D eigenvalue weighted by atomic mass is 9.95. The minimum atomic E-state index is -0.0828. The van der Waals surface area contributed by atoms with E-state index < -0.39 is 0 Å². The summed E-state index contributed by atoms with van der Waals surface area (Å²) in [6.07, 6.45) is 3.44. The van der Waals surface area contributed by atoms with Gasteiger partial charge in [-0.3, -0.25) is 4.79 Å². The van der Waals surface area contributed by atoms with Gasteiger partial charge in [-0.05, 0) is 48.2 Å². The molecular weight excluding hydrogens is 460 g/mol. The summed E-state index contributed by atoms with van der Waals surface area (Å²) in [5.41, 5.74) is 4.14. The molecule has 1 atom stereocenters. The van der Waals surface area contributed by atoms with Gasteiger partial charge in [0.15, 0.2) is 0 Å². The first-order valence-corrected chi connectivity index (χ1v) is 12.8. The number of hydrogen-bond donors (Lipinski definition) is 0. The van der Waals surface area contributed by atoms with Gasteiger partial charge in [0, 0.05) is 37.8 Å². The van der Waals surface area contributed by atoms with Crippen LogP contribution in [0.15, 0.2) is 97.3 Å². The molecule has 0 saturated carbocycles. The molecule has 1 aliphatic rings. The molecule has 37 heavy (non-hydrogen) atoms. The van der Waals surface area contributed by atoms with E-state index in [1.165, 1.54) is 0 Å². The van der Waals surface area contributed by atoms with Crippen molar-refractivity contribution in [3.8, 4) is 17.0 Å². The molecule has 0 radical (unpaired) electrons. The normalized spacial score (nSPS) is 15.3. The van der Waals surface area contributed by atoms with Gasteiger partial charge in [0.1, 0.15) is 17.9 Å². The number of rotatable bonds is 8. The van der Waals surface area contributed by atoms with Gasteiger partial charge < -0.3 is 14.5 Å². The molecule has 0 bridgehead atoms. The Morgan fingerprint density at radius 2 is 1.57 bits per heavy atom. The van der Waals surface area contributed by atoms with Gasteiger partial charge in [-0.15, -0.1) is 0 Å². The molecule has 188 valence electrons. The maximum atomic E-state index is 13.9. The fourth-order valence-electron chi connectivity index (χ4n) is 4.90. The predicted octanol–water partition coefficient (Wildman–Crippen LogP) is 5.60. The summed E-state index contributed by atoms with van der Waals surface area (Å²) in [5.74, 6) is 1.78. The Morgan fingerprint density at radius 3 is 2.19 bits per heavy atom. The summed E-state index contributed by atoms with van der Waals surface area (Å²) in [6.45, 7) is 2.72. The van der Waals surface area contributed by atoms with Gasteiger partial charge >= 0.3 is 0 Å². The second-order valence-corrected chi connectivity index (χ2v) is 9.44. The van der Waals surface area contributed by atoms with E-state index >= 15 is 0 Å². The van der Waals surface area contributed by atoms with Gasteiger partial charge in [-0.1, -0.05) is 60.7 Å². The van der Waals surface area contributed by atoms with Crippen molar-refractivity contribution >= 4 is 11.7 Å². The summed E-state index contributed by atoms with van der Waals surface area (Å²) in [6, 6.07) is 30.3. The SMILES string of the molecule is COc1ccc(-c2cc(N3CCCC(C(=O)N(Cc4ccccc4)Cc4ccccc4)C3)ncn2)cc1. The largest absolute Gasteiger partial charge is 0.497 e. The highest BCUT2D eigenvalue weighted by Gasteiger charge is 2.30. The molecule has 2 heterocycles. The van der Waals surface area contributed by atoms with E-state index in [2.05, 4.69) is 39.1 Å². The van der Waals surface area contributed by atoms with Gasteiger partial charge in [0.25, 0.3) is 0 Å². The number of anilines is 1. The fraction of sp³-hybridized carbons (Fsp3) is 0.258. The lowest BCUT2D eigenvalue weighted by Crippen LogP contribution is -2.44. The second kappa shape index (κ2) is 11.7. The quantitative estimate of drug-likeness (QED) is 0.321. The third-order valence-corrected chi connectivity index (χ3v) is 6.88. The Bertz CT molecular complexity index is 1250. The fourth-order valence-corrected chi connectivity index (χ4v) is 4.90. The summed E-state index contributed by atoms with van der Waals surface area (Å²) in [7, 11) is 1.66. The van der Waals surface area contributed by atoms with Crippen molar-refractivity contribution in [2.24, 2.45) is 5.92 Å². The molecule has 1 saturated heterocycles. The maximum absolute atomic E-state index is 13.9. The Balaban J connectivity index is 1.33. The smallest absolute Gasteiger partial charge is 0.228 e. The Kier molecular flexibility index (Phi) is 7.75. The molecule has 0 aliphatic carbocycles. The van der Waals surface area contributed by atoms with E-state index in [1.807, 2.05) is 71.6 Å². The molecule has 0 N–H and O–H groups in total. The van der Waals surface area contributed by atoms with Gasteiger partial charge in [0.2, 0.25) is 5.91 Å². The molecule has 1 aromatic heterocycles. The molecule has 3 aromatic carbocycles. The van der Waals surface area contributed by atoms with Crippen molar-refractivity contribution < 1.29 is 9.53 Å². The summed E-state index contributed by atoms with van der Waals surface area (Å²) in [4.78, 5) is 27.2. The summed E-state index contributed by atoms with van der Waals surface area (Å²) < 4.78 is 5.28. The number of ether oxygens (including phenoxy) is 1. The van der Waals surface area contributed by atoms with Crippen LogP contribution in [0.4, 0.5) is 5.82 Å². The zero-order valence-corrected chi connectivity index (χ0v) is 21.2. The zero-order chi connectivity index (χ0) is 25.5. The van der Waals surface area contributed by atoms with Crippen molar-refractivity contribution in [1.82, 2.24) is 14.9 Å². The molecule has 5 rings (SSSR count). The average molecular weight is 493 g/mol. The first kappa shape index (κ1) is 24.5. The molecule has 1 amide bonds. The summed E-state index contributed by atoms with van der Waals surface area (Å²) in [5, 5.41) is 0. The van der Waals surface area contributed by atoms with Crippen molar-refractivity contribution in [1.29, 1.82) is 0 Å². The Morgan fingerprint density at radius 1 is 0.919 bits per heavy atom. The van der Waals surface area contributed by atoms with Crippen LogP contribution in [0.2, 0.25) is 0 Å². The Labute approximate surface area is 218 Å². The molecule has 4 aromatic rings. The highest BCUT2D eigenvalue weighted by atomic mass is 16.5. The summed E-state index contributed by atoms with van der Waals surface area (Å²) >= 11 is 0. The van der Waals surface area contributed by atoms with Crippen molar-refractivity contribution in [2.45, 2.75) is 25.9 Å². The predicted molar refractivity (Wildman–Crippen MR) is 146 cm³/mol. The number of amides is 1. The number of piperidine rings is 1. The van der Waals surface area contributed by atoms with E-state index in [0.29, 0.717) is 19.6 Å². The molecule has 1 aliphatic heterocycles. The van der Waals surface area contributed by atoms with E-state index in [1.54, 1.807) is 13.4 Å². The number of aromatic nitrogens is 2. The number of methoxy groups -OCH3 is 1. The van der Waals surface area contributed by atoms with Crippen molar-refractivity contribution in [3.63, 3.8) is 0 Å². The molecule has 1 unspecified atom stereocenters. The van der Waals surface area contributed by atoms with E-state index in [-0.39, 0.29) is 11.8 Å². The van der Waals surface area contributed by atoms with Crippen LogP contribution < -0.4 is 9.64 Å². The van der Waals surface area contributed by atoms with Crippen LogP contribution in [0.3, 0.4) is 0 Å². The maximum Gasteiger partial charge on any atom is 0.228 e. The van der Waals surface area contributed by atoms with Crippen LogP contribution in [0, 0.1) is 5.92 Å². The van der Waals surface area contributed by atoms with Crippen LogP contribution >= 0.6 is 0 Å². The minimum absolute atomic E-state index is 0.0828. The van der Waals surface area contributed by atoms with Crippen LogP contribution in [-0.2, 0) is 17.9 Å². The first-order chi connectivity index (χ1) is 18.2. The molecular formula is C31H32N4O2. The highest BCUT2D eigenvalue weighted by Crippen LogP contribution is 2.27. The van der Waals surface area contributed by atoms with Gasteiger partial charge in [0.05, 0.1) is 18.7 Å². The zero-order valence-electron chi connectivity index (χ0n) is 21.2. The van der Waals surface area contributed by atoms with Crippen LogP contribution in [0.5, 0.6) is 5.75 Å².